The highest BCUT2D eigenvalue weighted by molar-refractivity contribution is 5.91. The fourth-order valence-corrected chi connectivity index (χ4v) is 3.47. The summed E-state index contributed by atoms with van der Waals surface area (Å²) >= 11 is 0. The minimum absolute atomic E-state index is 0.157. The minimum atomic E-state index is -0.157. The van der Waals surface area contributed by atoms with E-state index in [1.54, 1.807) is 12.3 Å². The molecule has 0 aromatic heterocycles. The third-order valence-electron chi connectivity index (χ3n) is 4.97. The largest absolute Gasteiger partial charge is 0.507 e. The van der Waals surface area contributed by atoms with Crippen LogP contribution in [0.25, 0.3) is 11.1 Å². The molecule has 0 aliphatic rings. The molecule has 0 saturated heterocycles. The van der Waals surface area contributed by atoms with E-state index in [1.807, 2.05) is 62.4 Å². The second-order valence-electron chi connectivity index (χ2n) is 8.19. The Bertz CT molecular complexity index is 1020. The van der Waals surface area contributed by atoms with Gasteiger partial charge in [0, 0.05) is 22.9 Å². The van der Waals surface area contributed by atoms with Crippen LogP contribution in [0.5, 0.6) is 11.5 Å². The maximum atomic E-state index is 10.7. The van der Waals surface area contributed by atoms with Gasteiger partial charge in [-0.1, -0.05) is 57.2 Å². The summed E-state index contributed by atoms with van der Waals surface area (Å²) in [5.41, 5.74) is 5.88. The van der Waals surface area contributed by atoms with E-state index < -0.39 is 0 Å². The van der Waals surface area contributed by atoms with Crippen molar-refractivity contribution < 1.29 is 10.2 Å². The molecule has 3 rings (SSSR count). The molecule has 3 aromatic rings. The van der Waals surface area contributed by atoms with Crippen molar-refractivity contribution in [1.82, 2.24) is 0 Å². The first-order chi connectivity index (χ1) is 13.2. The lowest BCUT2D eigenvalue weighted by Crippen LogP contribution is -2.11. The van der Waals surface area contributed by atoms with E-state index in [4.69, 9.17) is 0 Å². The van der Waals surface area contributed by atoms with Crippen molar-refractivity contribution in [2.45, 2.75) is 40.0 Å². The average molecular weight is 373 g/mol. The molecule has 0 amide bonds. The van der Waals surface area contributed by atoms with Gasteiger partial charge in [-0.05, 0) is 54.2 Å². The van der Waals surface area contributed by atoms with Crippen LogP contribution in [-0.4, -0.2) is 16.4 Å². The summed E-state index contributed by atoms with van der Waals surface area (Å²) in [6, 6.07) is 17.1. The van der Waals surface area contributed by atoms with Crippen molar-refractivity contribution in [1.29, 1.82) is 0 Å². The molecule has 144 valence electrons. The highest BCUT2D eigenvalue weighted by atomic mass is 16.3. The molecule has 0 unspecified atom stereocenters. The second-order valence-corrected chi connectivity index (χ2v) is 8.19. The molecular weight excluding hydrogens is 346 g/mol. The third-order valence-corrected chi connectivity index (χ3v) is 4.97. The van der Waals surface area contributed by atoms with Crippen LogP contribution >= 0.6 is 0 Å². The molecule has 2 N–H and O–H groups in total. The summed E-state index contributed by atoms with van der Waals surface area (Å²) in [5, 5.41) is 21.2. The molecule has 0 aliphatic carbocycles. The van der Waals surface area contributed by atoms with Crippen molar-refractivity contribution >= 4 is 11.9 Å². The number of phenolic OH excluding ortho intramolecular Hbond substituents is 2. The molecule has 3 aromatic carbocycles. The highest BCUT2D eigenvalue weighted by Gasteiger charge is 2.19. The molecule has 0 atom stereocenters. The summed E-state index contributed by atoms with van der Waals surface area (Å²) in [7, 11) is 0. The summed E-state index contributed by atoms with van der Waals surface area (Å²) in [5.74, 6) is 0.495. The van der Waals surface area contributed by atoms with Gasteiger partial charge in [0.25, 0.3) is 0 Å². The minimum Gasteiger partial charge on any atom is -0.507 e. The van der Waals surface area contributed by atoms with Crippen LogP contribution in [0.4, 0.5) is 5.69 Å². The van der Waals surface area contributed by atoms with E-state index in [2.05, 4.69) is 25.8 Å². The van der Waals surface area contributed by atoms with Gasteiger partial charge < -0.3 is 10.2 Å². The van der Waals surface area contributed by atoms with E-state index in [9.17, 15) is 10.2 Å². The zero-order valence-corrected chi connectivity index (χ0v) is 17.1. The maximum absolute atomic E-state index is 10.7. The standard InChI is InChI=1S/C25H27NO2/c1-16-9-6-13-20(22(16)23-17(2)10-7-14-21(23)27)26-15-18-11-8-12-19(24(18)28)25(3,4)5/h6-15,27-28H,1-5H3. The molecule has 3 heteroatoms. The van der Waals surface area contributed by atoms with Crippen molar-refractivity contribution in [3.05, 3.63) is 76.9 Å². The Balaban J connectivity index is 2.12. The number of benzene rings is 3. The number of rotatable bonds is 3. The maximum Gasteiger partial charge on any atom is 0.128 e. The van der Waals surface area contributed by atoms with Gasteiger partial charge in [-0.3, -0.25) is 4.99 Å². The fraction of sp³-hybridized carbons (Fsp3) is 0.240. The van der Waals surface area contributed by atoms with Gasteiger partial charge in [0.2, 0.25) is 0 Å². The van der Waals surface area contributed by atoms with Gasteiger partial charge in [-0.2, -0.15) is 0 Å². The van der Waals surface area contributed by atoms with Crippen LogP contribution in [0.1, 0.15) is 43.0 Å². The number of hydrogen-bond donors (Lipinski definition) is 2. The Morgan fingerprint density at radius 2 is 1.39 bits per heavy atom. The predicted molar refractivity (Wildman–Crippen MR) is 117 cm³/mol. The zero-order chi connectivity index (χ0) is 20.5. The van der Waals surface area contributed by atoms with E-state index in [0.717, 1.165) is 33.5 Å². The van der Waals surface area contributed by atoms with Crippen LogP contribution in [0.2, 0.25) is 0 Å². The van der Waals surface area contributed by atoms with Crippen LogP contribution in [-0.2, 0) is 5.41 Å². The van der Waals surface area contributed by atoms with Crippen LogP contribution < -0.4 is 0 Å². The van der Waals surface area contributed by atoms with E-state index >= 15 is 0 Å². The topological polar surface area (TPSA) is 52.8 Å². The van der Waals surface area contributed by atoms with Crippen LogP contribution in [0.15, 0.2) is 59.6 Å². The highest BCUT2D eigenvalue weighted by Crippen LogP contribution is 2.40. The average Bonchev–Trinajstić information content (AvgIpc) is 2.61. The molecule has 0 fully saturated rings. The molecule has 0 aliphatic heterocycles. The number of para-hydroxylation sites is 1. The van der Waals surface area contributed by atoms with Gasteiger partial charge in [0.05, 0.1) is 5.69 Å². The SMILES string of the molecule is Cc1cccc(O)c1-c1c(C)cccc1N=Cc1cccc(C(C)(C)C)c1O. The van der Waals surface area contributed by atoms with Gasteiger partial charge >= 0.3 is 0 Å². The summed E-state index contributed by atoms with van der Waals surface area (Å²) in [4.78, 5) is 4.68. The summed E-state index contributed by atoms with van der Waals surface area (Å²) in [6.07, 6.45) is 1.69. The Morgan fingerprint density at radius 3 is 2.04 bits per heavy atom. The van der Waals surface area contributed by atoms with E-state index in [1.165, 1.54) is 0 Å². The Kier molecular flexibility index (Phi) is 5.28. The van der Waals surface area contributed by atoms with Crippen molar-refractivity contribution in [3.63, 3.8) is 0 Å². The smallest absolute Gasteiger partial charge is 0.128 e. The first kappa shape index (κ1) is 19.7. The predicted octanol–water partition coefficient (Wildman–Crippen LogP) is 6.43. The second kappa shape index (κ2) is 7.51. The quantitative estimate of drug-likeness (QED) is 0.520. The Hall–Kier alpha value is -3.07. The first-order valence-corrected chi connectivity index (χ1v) is 9.45. The molecule has 28 heavy (non-hydrogen) atoms. The molecule has 3 nitrogen and oxygen atoms in total. The van der Waals surface area contributed by atoms with Gasteiger partial charge in [0.15, 0.2) is 0 Å². The van der Waals surface area contributed by atoms with E-state index in [-0.39, 0.29) is 16.9 Å². The van der Waals surface area contributed by atoms with Crippen LogP contribution in [0.3, 0.4) is 0 Å². The van der Waals surface area contributed by atoms with Gasteiger partial charge in [-0.25, -0.2) is 0 Å². The van der Waals surface area contributed by atoms with Crippen molar-refractivity contribution in [2.75, 3.05) is 0 Å². The zero-order valence-electron chi connectivity index (χ0n) is 17.1. The van der Waals surface area contributed by atoms with E-state index in [0.29, 0.717) is 5.56 Å². The van der Waals surface area contributed by atoms with Crippen molar-refractivity contribution in [3.8, 4) is 22.6 Å². The summed E-state index contributed by atoms with van der Waals surface area (Å²) < 4.78 is 0. The monoisotopic (exact) mass is 373 g/mol. The lowest BCUT2D eigenvalue weighted by atomic mass is 9.85. The fourth-order valence-electron chi connectivity index (χ4n) is 3.47. The number of aliphatic imine (C=N–C) groups is 1. The number of hydrogen-bond acceptors (Lipinski definition) is 3. The van der Waals surface area contributed by atoms with Crippen molar-refractivity contribution in [2.24, 2.45) is 4.99 Å². The molecule has 0 saturated carbocycles. The lowest BCUT2D eigenvalue weighted by Gasteiger charge is -2.21. The third kappa shape index (κ3) is 3.79. The number of phenols is 2. The molecule has 0 bridgehead atoms. The van der Waals surface area contributed by atoms with Crippen LogP contribution in [0, 0.1) is 13.8 Å². The van der Waals surface area contributed by atoms with Gasteiger partial charge in [-0.15, -0.1) is 0 Å². The molecule has 0 spiro atoms. The molecule has 0 radical (unpaired) electrons. The lowest BCUT2D eigenvalue weighted by molar-refractivity contribution is 0.446. The Labute approximate surface area is 167 Å². The normalized spacial score (nSPS) is 11.9. The number of aryl methyl sites for hydroxylation is 2. The molecular formula is C25H27NO2. The molecule has 0 heterocycles. The van der Waals surface area contributed by atoms with Gasteiger partial charge in [0.1, 0.15) is 11.5 Å². The Morgan fingerprint density at radius 1 is 0.786 bits per heavy atom. The number of nitrogens with zero attached hydrogens (tertiary/aromatic N) is 1. The number of aromatic hydroxyl groups is 2. The first-order valence-electron chi connectivity index (χ1n) is 9.45. The summed E-state index contributed by atoms with van der Waals surface area (Å²) in [6.45, 7) is 10.2.